The number of halogens is 1. The Morgan fingerprint density at radius 1 is 1.60 bits per heavy atom. The molecule has 0 radical (unpaired) electrons. The van der Waals surface area contributed by atoms with E-state index in [4.69, 9.17) is 5.11 Å². The number of aromatic carboxylic acids is 1. The predicted octanol–water partition coefficient (Wildman–Crippen LogP) is 3.41. The molecule has 0 aliphatic heterocycles. The van der Waals surface area contributed by atoms with Crippen molar-refractivity contribution in [1.82, 2.24) is 0 Å². The van der Waals surface area contributed by atoms with Crippen LogP contribution in [0.15, 0.2) is 23.1 Å². The average Bonchev–Trinajstić information content (AvgIpc) is 2.20. The molecule has 2 nitrogen and oxygen atoms in total. The molecule has 1 unspecified atom stereocenters. The third kappa shape index (κ3) is 3.23. The van der Waals surface area contributed by atoms with Gasteiger partial charge >= 0.3 is 5.97 Å². The van der Waals surface area contributed by atoms with Gasteiger partial charge in [-0.05, 0) is 24.6 Å². The van der Waals surface area contributed by atoms with Gasteiger partial charge in [-0.1, -0.05) is 13.8 Å². The highest BCUT2D eigenvalue weighted by Crippen LogP contribution is 2.27. The lowest BCUT2D eigenvalue weighted by Crippen LogP contribution is -1.99. The van der Waals surface area contributed by atoms with E-state index in [1.165, 1.54) is 23.9 Å². The second kappa shape index (κ2) is 5.16. The number of rotatable bonds is 4. The van der Waals surface area contributed by atoms with Gasteiger partial charge in [0.15, 0.2) is 0 Å². The van der Waals surface area contributed by atoms with E-state index in [0.29, 0.717) is 10.1 Å². The van der Waals surface area contributed by atoms with E-state index < -0.39 is 11.8 Å². The Balaban J connectivity index is 2.88. The molecule has 1 rings (SSSR count). The molecule has 82 valence electrons. The number of thioether (sulfide) groups is 1. The molecular formula is C11H13FO2S. The third-order valence-electron chi connectivity index (χ3n) is 2.08. The highest BCUT2D eigenvalue weighted by Gasteiger charge is 2.10. The van der Waals surface area contributed by atoms with Crippen molar-refractivity contribution in [1.29, 1.82) is 0 Å². The number of carbonyl (C=O) groups is 1. The molecule has 15 heavy (non-hydrogen) atoms. The van der Waals surface area contributed by atoms with Crippen molar-refractivity contribution in [3.63, 3.8) is 0 Å². The molecular weight excluding hydrogens is 215 g/mol. The van der Waals surface area contributed by atoms with Gasteiger partial charge in [0.1, 0.15) is 5.82 Å². The minimum Gasteiger partial charge on any atom is -0.478 e. The van der Waals surface area contributed by atoms with E-state index >= 15 is 0 Å². The first-order valence-electron chi connectivity index (χ1n) is 4.74. The van der Waals surface area contributed by atoms with Gasteiger partial charge in [0.25, 0.3) is 0 Å². The van der Waals surface area contributed by atoms with Crippen LogP contribution in [0.3, 0.4) is 0 Å². The lowest BCUT2D eigenvalue weighted by molar-refractivity contribution is 0.0696. The highest BCUT2D eigenvalue weighted by molar-refractivity contribution is 7.99. The Hall–Kier alpha value is -1.03. The molecule has 0 aliphatic carbocycles. The Morgan fingerprint density at radius 3 is 2.73 bits per heavy atom. The summed E-state index contributed by atoms with van der Waals surface area (Å²) in [4.78, 5) is 11.1. The van der Waals surface area contributed by atoms with E-state index in [-0.39, 0.29) is 5.56 Å². The first-order valence-corrected chi connectivity index (χ1v) is 5.62. The molecule has 1 atom stereocenters. The summed E-state index contributed by atoms with van der Waals surface area (Å²) in [5.74, 6) is -1.56. The Morgan fingerprint density at radius 2 is 2.27 bits per heavy atom. The van der Waals surface area contributed by atoms with E-state index in [1.807, 2.05) is 13.8 Å². The summed E-state index contributed by atoms with van der Waals surface area (Å²) >= 11 is 1.42. The van der Waals surface area contributed by atoms with Gasteiger partial charge in [-0.25, -0.2) is 9.18 Å². The number of hydrogen-bond donors (Lipinski definition) is 1. The van der Waals surface area contributed by atoms with Crippen LogP contribution in [0.4, 0.5) is 4.39 Å². The Bertz CT molecular complexity index is 366. The summed E-state index contributed by atoms with van der Waals surface area (Å²) in [6, 6.07) is 4.01. The summed E-state index contributed by atoms with van der Waals surface area (Å²) in [5.41, 5.74) is -0.0130. The number of carboxylic acids is 1. The van der Waals surface area contributed by atoms with Gasteiger partial charge in [0.2, 0.25) is 0 Å². The molecule has 0 aromatic heterocycles. The van der Waals surface area contributed by atoms with E-state index in [1.54, 1.807) is 0 Å². The molecule has 0 saturated carbocycles. The van der Waals surface area contributed by atoms with Crippen LogP contribution in [0.25, 0.3) is 0 Å². The summed E-state index contributed by atoms with van der Waals surface area (Å²) in [5, 5.41) is 8.98. The van der Waals surface area contributed by atoms with Gasteiger partial charge in [-0.15, -0.1) is 11.8 Å². The first-order chi connectivity index (χ1) is 7.04. The van der Waals surface area contributed by atoms with Crippen molar-refractivity contribution in [2.75, 3.05) is 0 Å². The molecule has 1 aromatic carbocycles. The Labute approximate surface area is 92.5 Å². The zero-order valence-corrected chi connectivity index (χ0v) is 9.47. The number of carboxylic acid groups (broad SMARTS) is 1. The summed E-state index contributed by atoms with van der Waals surface area (Å²) in [6.07, 6.45) is 0.949. The summed E-state index contributed by atoms with van der Waals surface area (Å²) < 4.78 is 13.4. The summed E-state index contributed by atoms with van der Waals surface area (Å²) in [7, 11) is 0. The fourth-order valence-electron chi connectivity index (χ4n) is 1.03. The smallest absolute Gasteiger partial charge is 0.335 e. The second-order valence-corrected chi connectivity index (χ2v) is 4.77. The third-order valence-corrected chi connectivity index (χ3v) is 3.40. The first kappa shape index (κ1) is 12.0. The summed E-state index contributed by atoms with van der Waals surface area (Å²) in [6.45, 7) is 4.04. The van der Waals surface area contributed by atoms with Gasteiger partial charge < -0.3 is 5.11 Å². The minimum atomic E-state index is -1.10. The van der Waals surface area contributed by atoms with Crippen molar-refractivity contribution >= 4 is 17.7 Å². The standard InChI is InChI=1S/C11H13FO2S/c1-3-7(2)15-10-5-4-8(11(13)14)6-9(10)12/h4-7H,3H2,1-2H3,(H,13,14). The molecule has 1 aromatic rings. The van der Waals surface area contributed by atoms with Gasteiger partial charge in [0, 0.05) is 10.1 Å². The molecule has 4 heteroatoms. The zero-order valence-electron chi connectivity index (χ0n) is 8.66. The van der Waals surface area contributed by atoms with Crippen molar-refractivity contribution in [2.45, 2.75) is 30.4 Å². The fourth-order valence-corrected chi connectivity index (χ4v) is 1.95. The van der Waals surface area contributed by atoms with Crippen molar-refractivity contribution in [2.24, 2.45) is 0 Å². The normalized spacial score (nSPS) is 12.5. The van der Waals surface area contributed by atoms with Crippen molar-refractivity contribution in [3.8, 4) is 0 Å². The van der Waals surface area contributed by atoms with Gasteiger partial charge in [-0.2, -0.15) is 0 Å². The average molecular weight is 228 g/mol. The second-order valence-electron chi connectivity index (χ2n) is 3.29. The van der Waals surface area contributed by atoms with Crippen LogP contribution in [0.5, 0.6) is 0 Å². The molecule has 0 heterocycles. The van der Waals surface area contributed by atoms with Crippen LogP contribution in [-0.2, 0) is 0 Å². The van der Waals surface area contributed by atoms with Crippen LogP contribution in [0.1, 0.15) is 30.6 Å². The van der Waals surface area contributed by atoms with E-state index in [0.717, 1.165) is 12.5 Å². The minimum absolute atomic E-state index is 0.0130. The molecule has 0 aliphatic rings. The van der Waals surface area contributed by atoms with Gasteiger partial charge in [0.05, 0.1) is 5.56 Å². The van der Waals surface area contributed by atoms with Crippen LogP contribution in [0, 0.1) is 5.82 Å². The van der Waals surface area contributed by atoms with Crippen LogP contribution in [-0.4, -0.2) is 16.3 Å². The molecule has 0 spiro atoms. The largest absolute Gasteiger partial charge is 0.478 e. The molecule has 0 amide bonds. The predicted molar refractivity (Wildman–Crippen MR) is 59.0 cm³/mol. The molecule has 0 bridgehead atoms. The maximum atomic E-state index is 13.4. The Kier molecular flexibility index (Phi) is 4.15. The quantitative estimate of drug-likeness (QED) is 0.802. The topological polar surface area (TPSA) is 37.3 Å². The van der Waals surface area contributed by atoms with E-state index in [9.17, 15) is 9.18 Å². The molecule has 0 fully saturated rings. The lowest BCUT2D eigenvalue weighted by Gasteiger charge is -2.09. The van der Waals surface area contributed by atoms with Crippen LogP contribution < -0.4 is 0 Å². The van der Waals surface area contributed by atoms with Crippen LogP contribution in [0.2, 0.25) is 0 Å². The maximum absolute atomic E-state index is 13.4. The lowest BCUT2D eigenvalue weighted by atomic mass is 10.2. The maximum Gasteiger partial charge on any atom is 0.335 e. The van der Waals surface area contributed by atoms with Crippen molar-refractivity contribution < 1.29 is 14.3 Å². The fraction of sp³-hybridized carbons (Fsp3) is 0.364. The number of benzene rings is 1. The van der Waals surface area contributed by atoms with Crippen LogP contribution >= 0.6 is 11.8 Å². The molecule has 0 saturated heterocycles. The monoisotopic (exact) mass is 228 g/mol. The SMILES string of the molecule is CCC(C)Sc1ccc(C(=O)O)cc1F. The van der Waals surface area contributed by atoms with E-state index in [2.05, 4.69) is 0 Å². The number of hydrogen-bond acceptors (Lipinski definition) is 2. The molecule has 1 N–H and O–H groups in total. The van der Waals surface area contributed by atoms with Gasteiger partial charge in [-0.3, -0.25) is 0 Å². The highest BCUT2D eigenvalue weighted by atomic mass is 32.2. The van der Waals surface area contributed by atoms with Crippen molar-refractivity contribution in [3.05, 3.63) is 29.6 Å². The zero-order chi connectivity index (χ0) is 11.4.